The van der Waals surface area contributed by atoms with Gasteiger partial charge in [0.05, 0.1) is 66.6 Å². The van der Waals surface area contributed by atoms with Crippen LogP contribution < -0.4 is 0 Å². The summed E-state index contributed by atoms with van der Waals surface area (Å²) in [6.45, 7) is 0. The number of furan rings is 2. The second-order valence-corrected chi connectivity index (χ2v) is 32.8. The Morgan fingerprint density at radius 3 is 0.984 bits per heavy atom. The fourth-order valence-electron chi connectivity index (χ4n) is 20.0. The molecule has 0 amide bonds. The fourth-order valence-corrected chi connectivity index (χ4v) is 20.0. The Morgan fingerprint density at radius 1 is 0.167 bits per heavy atom. The van der Waals surface area contributed by atoms with E-state index in [-0.39, 0.29) is 0 Å². The molecule has 0 atom stereocenters. The van der Waals surface area contributed by atoms with Crippen molar-refractivity contribution in [1.29, 1.82) is 0 Å². The highest BCUT2D eigenvalue weighted by atomic mass is 16.3. The van der Waals surface area contributed by atoms with Crippen molar-refractivity contribution in [2.45, 2.75) is 0 Å². The summed E-state index contributed by atoms with van der Waals surface area (Å²) in [5.74, 6) is 2.99. The summed E-state index contributed by atoms with van der Waals surface area (Å²) in [5, 5.41) is 19.5. The van der Waals surface area contributed by atoms with E-state index in [4.69, 9.17) is 38.7 Å². The van der Waals surface area contributed by atoms with Crippen LogP contribution in [0.2, 0.25) is 0 Å². The van der Waals surface area contributed by atoms with Crippen LogP contribution in [0.3, 0.4) is 0 Å². The van der Waals surface area contributed by atoms with Crippen LogP contribution >= 0.6 is 0 Å². The van der Waals surface area contributed by atoms with Crippen molar-refractivity contribution in [3.63, 3.8) is 0 Å². The van der Waals surface area contributed by atoms with Gasteiger partial charge >= 0.3 is 0 Å². The van der Waals surface area contributed by atoms with Gasteiger partial charge in [-0.25, -0.2) is 29.9 Å². The first-order valence-corrected chi connectivity index (χ1v) is 42.5. The standard InChI is InChI=1S/C114H66N10O2/c1-3-29-79(30-4-1)121-93-38-18-13-33-81(93)89-62-77(50-55-97(89)121)111-115-109(117-113(119-111)105-99(57-53-87-85-37-17-22-42-103(85)125-107(87)105)123-95-40-20-15-35-83(95)91-60-71-25-9-11-27-73(71)64-101(91)123)69-46-43-68(44-47-69)75-49-52-86-88-54-58-100(124-96-41-21-16-36-84(96)92-61-72-26-10-12-28-74(72)65-102(92)124)106(108(88)126-104(86)66-75)114-118-110(76-48-45-67-23-7-8-24-70(67)59-76)116-112(120-114)78-51-56-98-90(63-78)82-34-14-19-39-94(82)122(98)80-31-5-2-6-32-80/h1-66H. The van der Waals surface area contributed by atoms with Gasteiger partial charge in [-0.2, -0.15) is 0 Å². The average Bonchev–Trinajstić information content (AvgIpc) is 1.56. The van der Waals surface area contributed by atoms with E-state index in [1.807, 2.05) is 12.1 Å². The van der Waals surface area contributed by atoms with Crippen molar-refractivity contribution in [1.82, 2.24) is 48.2 Å². The largest absolute Gasteiger partial charge is 0.455 e. The molecule has 8 aromatic heterocycles. The maximum absolute atomic E-state index is 7.61. The molecular weight excluding hydrogens is 1540 g/mol. The zero-order valence-corrected chi connectivity index (χ0v) is 67.4. The van der Waals surface area contributed by atoms with Crippen LogP contribution in [0.25, 0.3) is 266 Å². The molecule has 0 aliphatic rings. The van der Waals surface area contributed by atoms with Gasteiger partial charge in [-0.1, -0.05) is 243 Å². The number of rotatable bonds is 11. The van der Waals surface area contributed by atoms with E-state index in [2.05, 4.69) is 407 Å². The number of aromatic nitrogens is 10. The van der Waals surface area contributed by atoms with Crippen LogP contribution in [0.15, 0.2) is 409 Å². The number of fused-ring (bicyclic) bond motifs is 21. The van der Waals surface area contributed by atoms with Crippen molar-refractivity contribution in [3.8, 4) is 102 Å². The lowest BCUT2D eigenvalue weighted by Crippen LogP contribution is -2.04. The fraction of sp³-hybridized carbons (Fsp3) is 0. The Balaban J connectivity index is 0.656. The highest BCUT2D eigenvalue weighted by Crippen LogP contribution is 2.49. The first-order valence-electron chi connectivity index (χ1n) is 42.5. The van der Waals surface area contributed by atoms with E-state index < -0.39 is 0 Å². The van der Waals surface area contributed by atoms with Crippen LogP contribution in [0.1, 0.15) is 0 Å². The van der Waals surface area contributed by atoms with Crippen LogP contribution in [0.4, 0.5) is 0 Å². The molecule has 0 fully saturated rings. The Labute approximate surface area is 718 Å². The first-order chi connectivity index (χ1) is 62.4. The minimum Gasteiger partial charge on any atom is -0.455 e. The van der Waals surface area contributed by atoms with Gasteiger partial charge in [0, 0.05) is 98.3 Å². The molecule has 0 aliphatic heterocycles. The number of benzene rings is 19. The Morgan fingerprint density at radius 2 is 0.492 bits per heavy atom. The number of hydrogen-bond donors (Lipinski definition) is 0. The molecule has 0 unspecified atom stereocenters. The highest BCUT2D eigenvalue weighted by molar-refractivity contribution is 6.20. The normalized spacial score (nSPS) is 12.1. The summed E-state index contributed by atoms with van der Waals surface area (Å²) in [7, 11) is 0. The first kappa shape index (κ1) is 69.6. The molecule has 0 bridgehead atoms. The summed E-state index contributed by atoms with van der Waals surface area (Å²) < 4.78 is 24.2. The van der Waals surface area contributed by atoms with Gasteiger partial charge in [0.2, 0.25) is 0 Å². The second kappa shape index (κ2) is 27.1. The molecule has 27 rings (SSSR count). The van der Waals surface area contributed by atoms with Gasteiger partial charge in [0.15, 0.2) is 34.9 Å². The lowest BCUT2D eigenvalue weighted by atomic mass is 10.0. The zero-order valence-electron chi connectivity index (χ0n) is 67.4. The van der Waals surface area contributed by atoms with Crippen molar-refractivity contribution >= 4 is 163 Å². The van der Waals surface area contributed by atoms with Crippen molar-refractivity contribution < 1.29 is 8.83 Å². The maximum atomic E-state index is 7.61. The van der Waals surface area contributed by atoms with Crippen molar-refractivity contribution in [2.24, 2.45) is 0 Å². The van der Waals surface area contributed by atoms with Crippen molar-refractivity contribution in [2.75, 3.05) is 0 Å². The molecule has 126 heavy (non-hydrogen) atoms. The van der Waals surface area contributed by atoms with Crippen LogP contribution in [-0.4, -0.2) is 48.2 Å². The van der Waals surface area contributed by atoms with Crippen LogP contribution in [0.5, 0.6) is 0 Å². The Bertz CT molecular complexity index is 9310. The Kier molecular flexibility index (Phi) is 15.0. The molecule has 0 saturated heterocycles. The third kappa shape index (κ3) is 10.7. The van der Waals surface area contributed by atoms with E-state index >= 15 is 0 Å². The lowest BCUT2D eigenvalue weighted by Gasteiger charge is -2.15. The van der Waals surface area contributed by atoms with Gasteiger partial charge < -0.3 is 27.1 Å². The molecule has 0 aliphatic carbocycles. The summed E-state index contributed by atoms with van der Waals surface area (Å²) in [5.41, 5.74) is 21.9. The minimum atomic E-state index is 0.462. The van der Waals surface area contributed by atoms with Gasteiger partial charge in [0.1, 0.15) is 22.3 Å². The lowest BCUT2D eigenvalue weighted by molar-refractivity contribution is 0.669. The second-order valence-electron chi connectivity index (χ2n) is 32.8. The smallest absolute Gasteiger partial charge is 0.170 e. The van der Waals surface area contributed by atoms with Gasteiger partial charge in [0.25, 0.3) is 0 Å². The van der Waals surface area contributed by atoms with Crippen LogP contribution in [-0.2, 0) is 0 Å². The Hall–Kier alpha value is -17.2. The molecule has 0 spiro atoms. The molecule has 0 N–H and O–H groups in total. The third-order valence-electron chi connectivity index (χ3n) is 25.8. The van der Waals surface area contributed by atoms with E-state index in [1.54, 1.807) is 0 Å². The molecule has 12 nitrogen and oxygen atoms in total. The molecule has 12 heteroatoms. The van der Waals surface area contributed by atoms with E-state index in [1.165, 1.54) is 5.39 Å². The quantitative estimate of drug-likeness (QED) is 0.125. The minimum absolute atomic E-state index is 0.462. The summed E-state index contributed by atoms with van der Waals surface area (Å²) in [6, 6.07) is 142. The molecule has 27 aromatic rings. The number of para-hydroxylation sites is 7. The van der Waals surface area contributed by atoms with Crippen molar-refractivity contribution in [3.05, 3.63) is 400 Å². The van der Waals surface area contributed by atoms with Gasteiger partial charge in [-0.3, -0.25) is 0 Å². The predicted molar refractivity (Wildman–Crippen MR) is 516 cm³/mol. The number of nitrogens with zero attached hydrogens (tertiary/aromatic N) is 10. The van der Waals surface area contributed by atoms with Crippen LogP contribution in [0, 0.1) is 0 Å². The predicted octanol–water partition coefficient (Wildman–Crippen LogP) is 29.4. The molecular formula is C114H66N10O2. The monoisotopic (exact) mass is 1610 g/mol. The van der Waals surface area contributed by atoms with E-state index in [0.717, 1.165) is 209 Å². The average molecular weight is 1610 g/mol. The van der Waals surface area contributed by atoms with E-state index in [0.29, 0.717) is 51.7 Å². The molecule has 19 aromatic carbocycles. The maximum Gasteiger partial charge on any atom is 0.170 e. The molecule has 8 heterocycles. The summed E-state index contributed by atoms with van der Waals surface area (Å²) >= 11 is 0. The molecule has 0 radical (unpaired) electrons. The zero-order chi connectivity index (χ0) is 82.3. The molecule has 0 saturated carbocycles. The SMILES string of the molecule is c1ccc(-n2c3ccccc3c3cc(-c4nc(-c5ccc(-c6ccc7c(c6)oc6c(-c8nc(-c9ccc%10ccccc%10c9)nc(-c9ccc%10c(c9)c9ccccc9n%10-c9ccccc9)n8)c(-n8c9ccccc9c9cc%10ccccc%10cc98)ccc67)cc5)nc(-c5c(-n6c7ccccc7c7cc8ccccc8cc76)ccc6c5oc5ccccc56)n4)ccc32)cc1. The molecule has 584 valence electrons. The summed E-state index contributed by atoms with van der Waals surface area (Å²) in [6.07, 6.45) is 0. The van der Waals surface area contributed by atoms with E-state index in [9.17, 15) is 0 Å². The highest BCUT2D eigenvalue weighted by Gasteiger charge is 2.30. The van der Waals surface area contributed by atoms with Gasteiger partial charge in [-0.15, -0.1) is 0 Å². The number of hydrogen-bond acceptors (Lipinski definition) is 8. The topological polar surface area (TPSA) is 123 Å². The van der Waals surface area contributed by atoms with Gasteiger partial charge in [-0.05, 0) is 201 Å². The third-order valence-corrected chi connectivity index (χ3v) is 25.8. The summed E-state index contributed by atoms with van der Waals surface area (Å²) in [4.78, 5) is 33.9.